The van der Waals surface area contributed by atoms with Crippen molar-refractivity contribution in [3.05, 3.63) is 0 Å². The summed E-state index contributed by atoms with van der Waals surface area (Å²) in [5.74, 6) is 7.74. The summed E-state index contributed by atoms with van der Waals surface area (Å²) in [5, 5.41) is 3.39. The predicted octanol–water partition coefficient (Wildman–Crippen LogP) is 2.18. The number of ether oxygens (including phenoxy) is 1. The van der Waals surface area contributed by atoms with E-state index in [-0.39, 0.29) is 0 Å². The first-order chi connectivity index (χ1) is 10.1. The Morgan fingerprint density at radius 3 is 2.57 bits per heavy atom. The second kappa shape index (κ2) is 7.40. The van der Waals surface area contributed by atoms with Gasteiger partial charge < -0.3 is 10.1 Å². The van der Waals surface area contributed by atoms with Crippen LogP contribution < -0.4 is 21.3 Å². The Balaban J connectivity index is 2.04. The van der Waals surface area contributed by atoms with Gasteiger partial charge in [0.25, 0.3) is 0 Å². The lowest BCUT2D eigenvalue weighted by Gasteiger charge is -2.32. The summed E-state index contributed by atoms with van der Waals surface area (Å²) in [6.07, 6.45) is 4.39. The first-order valence-corrected chi connectivity index (χ1v) is 7.74. The highest BCUT2D eigenvalue weighted by Crippen LogP contribution is 2.30. The SMILES string of the molecule is CCCOc1nc(NN)nc(NC2CCC(C)C(C)C2)n1. The second-order valence-corrected chi connectivity index (χ2v) is 5.87. The molecule has 1 aliphatic rings. The van der Waals surface area contributed by atoms with Crippen LogP contribution in [-0.4, -0.2) is 27.6 Å². The zero-order valence-corrected chi connectivity index (χ0v) is 13.1. The van der Waals surface area contributed by atoms with Gasteiger partial charge in [0.2, 0.25) is 11.9 Å². The molecule has 2 rings (SSSR count). The largest absolute Gasteiger partial charge is 0.463 e. The smallest absolute Gasteiger partial charge is 0.323 e. The Morgan fingerprint density at radius 2 is 1.90 bits per heavy atom. The maximum absolute atomic E-state index is 5.47. The van der Waals surface area contributed by atoms with Crippen LogP contribution in [-0.2, 0) is 0 Å². The van der Waals surface area contributed by atoms with Crippen LogP contribution in [0.3, 0.4) is 0 Å². The van der Waals surface area contributed by atoms with Gasteiger partial charge in [0.1, 0.15) is 0 Å². The van der Waals surface area contributed by atoms with Crippen molar-refractivity contribution < 1.29 is 4.74 Å². The maximum atomic E-state index is 5.47. The summed E-state index contributed by atoms with van der Waals surface area (Å²) in [7, 11) is 0. The van der Waals surface area contributed by atoms with Crippen LogP contribution in [0.5, 0.6) is 6.01 Å². The third-order valence-electron chi connectivity index (χ3n) is 4.11. The van der Waals surface area contributed by atoms with E-state index in [4.69, 9.17) is 10.6 Å². The number of aromatic nitrogens is 3. The van der Waals surface area contributed by atoms with Gasteiger partial charge in [-0.25, -0.2) is 5.84 Å². The van der Waals surface area contributed by atoms with E-state index in [2.05, 4.69) is 39.5 Å². The summed E-state index contributed by atoms with van der Waals surface area (Å²) in [4.78, 5) is 12.6. The second-order valence-electron chi connectivity index (χ2n) is 5.87. The van der Waals surface area contributed by atoms with Crippen LogP contribution >= 0.6 is 0 Å². The van der Waals surface area contributed by atoms with Gasteiger partial charge in [-0.1, -0.05) is 20.8 Å². The van der Waals surface area contributed by atoms with E-state index in [1.165, 1.54) is 6.42 Å². The first-order valence-electron chi connectivity index (χ1n) is 7.74. The molecule has 118 valence electrons. The molecule has 0 radical (unpaired) electrons. The number of hydrogen-bond acceptors (Lipinski definition) is 7. The van der Waals surface area contributed by atoms with Gasteiger partial charge in [0, 0.05) is 6.04 Å². The van der Waals surface area contributed by atoms with Crippen molar-refractivity contribution >= 4 is 11.9 Å². The number of anilines is 2. The van der Waals surface area contributed by atoms with Gasteiger partial charge in [0.05, 0.1) is 6.61 Å². The zero-order chi connectivity index (χ0) is 15.2. The number of rotatable bonds is 6. The number of nitrogens with two attached hydrogens (primary N) is 1. The molecule has 1 fully saturated rings. The van der Waals surface area contributed by atoms with Crippen molar-refractivity contribution in [1.82, 2.24) is 15.0 Å². The minimum Gasteiger partial charge on any atom is -0.463 e. The quantitative estimate of drug-likeness (QED) is 0.546. The molecule has 0 spiro atoms. The molecule has 1 heterocycles. The van der Waals surface area contributed by atoms with Gasteiger partial charge >= 0.3 is 6.01 Å². The zero-order valence-electron chi connectivity index (χ0n) is 13.1. The van der Waals surface area contributed by atoms with Gasteiger partial charge in [-0.15, -0.1) is 0 Å². The molecule has 0 bridgehead atoms. The molecular weight excluding hydrogens is 268 g/mol. The van der Waals surface area contributed by atoms with E-state index in [0.717, 1.165) is 25.2 Å². The highest BCUT2D eigenvalue weighted by Gasteiger charge is 2.25. The van der Waals surface area contributed by atoms with Crippen molar-refractivity contribution in [1.29, 1.82) is 0 Å². The minimum atomic E-state index is 0.305. The lowest BCUT2D eigenvalue weighted by atomic mass is 9.79. The number of hydrazine groups is 1. The van der Waals surface area contributed by atoms with Crippen molar-refractivity contribution in [3.63, 3.8) is 0 Å². The fourth-order valence-electron chi connectivity index (χ4n) is 2.60. The van der Waals surface area contributed by atoms with Crippen LogP contribution in [0.25, 0.3) is 0 Å². The summed E-state index contributed by atoms with van der Waals surface area (Å²) in [6, 6.07) is 0.697. The Morgan fingerprint density at radius 1 is 1.14 bits per heavy atom. The topological polar surface area (TPSA) is 98.0 Å². The summed E-state index contributed by atoms with van der Waals surface area (Å²) >= 11 is 0. The minimum absolute atomic E-state index is 0.305. The lowest BCUT2D eigenvalue weighted by molar-refractivity contribution is 0.259. The Labute approximate surface area is 126 Å². The fourth-order valence-corrected chi connectivity index (χ4v) is 2.60. The standard InChI is InChI=1S/C14H26N6O/c1-4-7-21-14-18-12(17-13(19-14)20-15)16-11-6-5-9(2)10(3)8-11/h9-11H,4-8,15H2,1-3H3,(H2,16,17,18,19,20). The van der Waals surface area contributed by atoms with E-state index < -0.39 is 0 Å². The molecule has 0 aromatic carbocycles. The number of nitrogens with one attached hydrogen (secondary N) is 2. The van der Waals surface area contributed by atoms with Gasteiger partial charge in [0.15, 0.2) is 0 Å². The molecule has 0 aliphatic heterocycles. The molecule has 1 aromatic heterocycles. The Hall–Kier alpha value is -1.63. The van der Waals surface area contributed by atoms with Gasteiger partial charge in [-0.2, -0.15) is 15.0 Å². The molecule has 0 saturated heterocycles. The average molecular weight is 294 g/mol. The van der Waals surface area contributed by atoms with Crippen LogP contribution in [0.1, 0.15) is 46.5 Å². The van der Waals surface area contributed by atoms with Crippen molar-refractivity contribution in [2.75, 3.05) is 17.3 Å². The van der Waals surface area contributed by atoms with Crippen molar-refractivity contribution in [3.8, 4) is 6.01 Å². The van der Waals surface area contributed by atoms with Crippen LogP contribution in [0.2, 0.25) is 0 Å². The number of nitrogen functional groups attached to an aromatic ring is 1. The third kappa shape index (κ3) is 4.42. The van der Waals surface area contributed by atoms with E-state index in [1.807, 2.05) is 6.92 Å². The first kappa shape index (κ1) is 15.8. The molecule has 21 heavy (non-hydrogen) atoms. The van der Waals surface area contributed by atoms with Gasteiger partial charge in [-0.3, -0.25) is 5.43 Å². The molecule has 1 aliphatic carbocycles. The predicted molar refractivity (Wildman–Crippen MR) is 83.0 cm³/mol. The molecule has 7 nitrogen and oxygen atoms in total. The summed E-state index contributed by atoms with van der Waals surface area (Å²) in [6.45, 7) is 7.23. The van der Waals surface area contributed by atoms with Crippen molar-refractivity contribution in [2.24, 2.45) is 17.7 Å². The van der Waals surface area contributed by atoms with Crippen molar-refractivity contribution in [2.45, 2.75) is 52.5 Å². The molecule has 1 saturated carbocycles. The molecular formula is C14H26N6O. The maximum Gasteiger partial charge on any atom is 0.323 e. The number of nitrogens with zero attached hydrogens (tertiary/aromatic N) is 3. The highest BCUT2D eigenvalue weighted by molar-refractivity contribution is 5.35. The molecule has 3 unspecified atom stereocenters. The highest BCUT2D eigenvalue weighted by atomic mass is 16.5. The van der Waals surface area contributed by atoms with Crippen LogP contribution in [0.4, 0.5) is 11.9 Å². The normalized spacial score (nSPS) is 25.4. The van der Waals surface area contributed by atoms with Crippen LogP contribution in [0.15, 0.2) is 0 Å². The average Bonchev–Trinajstić information content (AvgIpc) is 2.48. The van der Waals surface area contributed by atoms with E-state index in [1.54, 1.807) is 0 Å². The van der Waals surface area contributed by atoms with E-state index in [9.17, 15) is 0 Å². The fraction of sp³-hybridized carbons (Fsp3) is 0.786. The number of hydrogen-bond donors (Lipinski definition) is 3. The Kier molecular flexibility index (Phi) is 5.55. The summed E-state index contributed by atoms with van der Waals surface area (Å²) < 4.78 is 5.47. The third-order valence-corrected chi connectivity index (χ3v) is 4.11. The molecule has 4 N–H and O–H groups in total. The molecule has 3 atom stereocenters. The van der Waals surface area contributed by atoms with E-state index >= 15 is 0 Å². The lowest BCUT2D eigenvalue weighted by Crippen LogP contribution is -2.31. The van der Waals surface area contributed by atoms with Crippen LogP contribution in [0, 0.1) is 11.8 Å². The monoisotopic (exact) mass is 294 g/mol. The summed E-state index contributed by atoms with van der Waals surface area (Å²) in [5.41, 5.74) is 2.46. The molecule has 0 amide bonds. The van der Waals surface area contributed by atoms with E-state index in [0.29, 0.717) is 36.5 Å². The Bertz CT molecular complexity index is 455. The molecule has 7 heteroatoms. The van der Waals surface area contributed by atoms with Gasteiger partial charge in [-0.05, 0) is 37.5 Å². The molecule has 1 aromatic rings.